The molecule has 0 saturated carbocycles. The summed E-state index contributed by atoms with van der Waals surface area (Å²) < 4.78 is 0.799. The highest BCUT2D eigenvalue weighted by molar-refractivity contribution is 8.01. The van der Waals surface area contributed by atoms with Crippen LogP contribution in [0.1, 0.15) is 12.0 Å². The van der Waals surface area contributed by atoms with E-state index in [-0.39, 0.29) is 5.91 Å². The maximum absolute atomic E-state index is 11.6. The predicted molar refractivity (Wildman–Crippen MR) is 78.0 cm³/mol. The summed E-state index contributed by atoms with van der Waals surface area (Å²) in [4.78, 5) is 11.6. The van der Waals surface area contributed by atoms with Crippen LogP contribution in [0.2, 0.25) is 0 Å². The van der Waals surface area contributed by atoms with Gasteiger partial charge in [0.15, 0.2) is 4.34 Å². The number of nitrogen functional groups attached to an aromatic ring is 1. The van der Waals surface area contributed by atoms with Gasteiger partial charge in [-0.05, 0) is 5.56 Å². The molecule has 1 heterocycles. The molecule has 0 bridgehead atoms. The lowest BCUT2D eigenvalue weighted by molar-refractivity contribution is -0.120. The van der Waals surface area contributed by atoms with Crippen molar-refractivity contribution in [1.29, 1.82) is 0 Å². The predicted octanol–water partition coefficient (Wildman–Crippen LogP) is 1.92. The number of anilines is 1. The van der Waals surface area contributed by atoms with Crippen LogP contribution < -0.4 is 11.1 Å². The van der Waals surface area contributed by atoms with Gasteiger partial charge in [-0.1, -0.05) is 53.4 Å². The number of carbonyl (C=O) groups is 1. The van der Waals surface area contributed by atoms with Crippen LogP contribution in [-0.2, 0) is 11.3 Å². The Balaban J connectivity index is 1.65. The molecule has 0 radical (unpaired) electrons. The zero-order valence-electron chi connectivity index (χ0n) is 10.2. The summed E-state index contributed by atoms with van der Waals surface area (Å²) >= 11 is 2.83. The number of nitrogens with two attached hydrogens (primary N) is 1. The van der Waals surface area contributed by atoms with Gasteiger partial charge >= 0.3 is 0 Å². The lowest BCUT2D eigenvalue weighted by Gasteiger charge is -2.04. The molecule has 2 rings (SSSR count). The van der Waals surface area contributed by atoms with Crippen LogP contribution >= 0.6 is 23.1 Å². The SMILES string of the molecule is Nc1nnc(SCCC(=O)NCc2ccccc2)s1. The molecule has 0 aliphatic heterocycles. The Bertz CT molecular complexity index is 530. The summed E-state index contributed by atoms with van der Waals surface area (Å²) in [5.41, 5.74) is 6.57. The minimum Gasteiger partial charge on any atom is -0.374 e. The Hall–Kier alpha value is -1.60. The number of amides is 1. The maximum Gasteiger partial charge on any atom is 0.221 e. The second kappa shape index (κ2) is 7.10. The van der Waals surface area contributed by atoms with Gasteiger partial charge in [-0.3, -0.25) is 4.79 Å². The van der Waals surface area contributed by atoms with Gasteiger partial charge in [0, 0.05) is 18.7 Å². The van der Waals surface area contributed by atoms with Crippen molar-refractivity contribution in [2.45, 2.75) is 17.3 Å². The Morgan fingerprint density at radius 3 is 2.79 bits per heavy atom. The van der Waals surface area contributed by atoms with Crippen LogP contribution in [0.5, 0.6) is 0 Å². The molecule has 19 heavy (non-hydrogen) atoms. The van der Waals surface area contributed by atoms with Crippen molar-refractivity contribution in [3.63, 3.8) is 0 Å². The van der Waals surface area contributed by atoms with E-state index in [9.17, 15) is 4.79 Å². The molecule has 0 fully saturated rings. The van der Waals surface area contributed by atoms with Gasteiger partial charge in [-0.15, -0.1) is 10.2 Å². The molecule has 0 unspecified atom stereocenters. The van der Waals surface area contributed by atoms with E-state index >= 15 is 0 Å². The minimum absolute atomic E-state index is 0.0360. The number of nitrogens with zero attached hydrogens (tertiary/aromatic N) is 2. The number of thioether (sulfide) groups is 1. The van der Waals surface area contributed by atoms with Gasteiger partial charge in [0.05, 0.1) is 0 Å². The number of nitrogens with one attached hydrogen (secondary N) is 1. The molecule has 1 aromatic heterocycles. The first kappa shape index (κ1) is 13.8. The number of hydrogen-bond acceptors (Lipinski definition) is 6. The van der Waals surface area contributed by atoms with Crippen molar-refractivity contribution in [3.05, 3.63) is 35.9 Å². The summed E-state index contributed by atoms with van der Waals surface area (Å²) in [5, 5.41) is 10.9. The first-order valence-corrected chi connectivity index (χ1v) is 7.56. The molecule has 5 nitrogen and oxygen atoms in total. The van der Waals surface area contributed by atoms with E-state index in [1.807, 2.05) is 30.3 Å². The fraction of sp³-hybridized carbons (Fsp3) is 0.250. The Morgan fingerprint density at radius 1 is 1.32 bits per heavy atom. The molecule has 100 valence electrons. The fourth-order valence-electron chi connectivity index (χ4n) is 1.39. The first-order chi connectivity index (χ1) is 9.24. The van der Waals surface area contributed by atoms with Crippen molar-refractivity contribution in [2.24, 2.45) is 0 Å². The van der Waals surface area contributed by atoms with Crippen LogP contribution in [-0.4, -0.2) is 21.9 Å². The van der Waals surface area contributed by atoms with Gasteiger partial charge in [0.1, 0.15) is 0 Å². The molecule has 3 N–H and O–H groups in total. The Kier molecular flexibility index (Phi) is 5.17. The van der Waals surface area contributed by atoms with Crippen LogP contribution in [0, 0.1) is 0 Å². The molecule has 1 aromatic carbocycles. The zero-order valence-corrected chi connectivity index (χ0v) is 11.8. The molecule has 0 aliphatic carbocycles. The second-order valence-electron chi connectivity index (χ2n) is 3.77. The third-order valence-electron chi connectivity index (χ3n) is 2.31. The van der Waals surface area contributed by atoms with E-state index in [1.165, 1.54) is 23.1 Å². The van der Waals surface area contributed by atoms with E-state index in [2.05, 4.69) is 15.5 Å². The van der Waals surface area contributed by atoms with E-state index < -0.39 is 0 Å². The van der Waals surface area contributed by atoms with Gasteiger partial charge in [0.25, 0.3) is 0 Å². The van der Waals surface area contributed by atoms with Gasteiger partial charge in [0.2, 0.25) is 11.0 Å². The second-order valence-corrected chi connectivity index (χ2v) is 6.12. The van der Waals surface area contributed by atoms with E-state index in [0.29, 0.717) is 23.8 Å². The fourth-order valence-corrected chi connectivity index (χ4v) is 3.04. The van der Waals surface area contributed by atoms with Crippen LogP contribution in [0.25, 0.3) is 0 Å². The number of benzene rings is 1. The number of hydrogen-bond donors (Lipinski definition) is 2. The molecule has 2 aromatic rings. The smallest absolute Gasteiger partial charge is 0.221 e. The standard InChI is InChI=1S/C12H14N4OS2/c13-11-15-16-12(19-11)18-7-6-10(17)14-8-9-4-2-1-3-5-9/h1-5H,6-8H2,(H2,13,15)(H,14,17). The highest BCUT2D eigenvalue weighted by Gasteiger charge is 2.05. The molecular formula is C12H14N4OS2. The first-order valence-electron chi connectivity index (χ1n) is 5.76. The molecule has 0 aliphatic rings. The van der Waals surface area contributed by atoms with Crippen LogP contribution in [0.4, 0.5) is 5.13 Å². The average molecular weight is 294 g/mol. The summed E-state index contributed by atoms with van der Waals surface area (Å²) in [7, 11) is 0. The number of rotatable bonds is 6. The van der Waals surface area contributed by atoms with Crippen molar-refractivity contribution in [1.82, 2.24) is 15.5 Å². The molecule has 0 atom stereocenters. The number of carbonyl (C=O) groups excluding carboxylic acids is 1. The van der Waals surface area contributed by atoms with E-state index in [1.54, 1.807) is 0 Å². The molecule has 0 saturated heterocycles. The van der Waals surface area contributed by atoms with Gasteiger partial charge in [-0.25, -0.2) is 0 Å². The van der Waals surface area contributed by atoms with Crippen LogP contribution in [0.15, 0.2) is 34.7 Å². The molecular weight excluding hydrogens is 280 g/mol. The molecule has 0 spiro atoms. The van der Waals surface area contributed by atoms with Crippen molar-refractivity contribution in [2.75, 3.05) is 11.5 Å². The molecule has 1 amide bonds. The monoisotopic (exact) mass is 294 g/mol. The summed E-state index contributed by atoms with van der Waals surface area (Å²) in [6.45, 7) is 0.566. The Labute approximate surface area is 119 Å². The highest BCUT2D eigenvalue weighted by atomic mass is 32.2. The van der Waals surface area contributed by atoms with Crippen molar-refractivity contribution >= 4 is 34.1 Å². The van der Waals surface area contributed by atoms with Gasteiger partial charge < -0.3 is 11.1 Å². The minimum atomic E-state index is 0.0360. The molecule has 7 heteroatoms. The van der Waals surface area contributed by atoms with E-state index in [0.717, 1.165) is 9.90 Å². The lowest BCUT2D eigenvalue weighted by atomic mass is 10.2. The summed E-state index contributed by atoms with van der Waals surface area (Å²) in [5.74, 6) is 0.712. The normalized spacial score (nSPS) is 10.3. The summed E-state index contributed by atoms with van der Waals surface area (Å²) in [6.07, 6.45) is 0.455. The third kappa shape index (κ3) is 4.88. The largest absolute Gasteiger partial charge is 0.374 e. The highest BCUT2D eigenvalue weighted by Crippen LogP contribution is 2.23. The maximum atomic E-state index is 11.6. The quantitative estimate of drug-likeness (QED) is 0.796. The van der Waals surface area contributed by atoms with Crippen molar-refractivity contribution in [3.8, 4) is 0 Å². The lowest BCUT2D eigenvalue weighted by Crippen LogP contribution is -2.22. The van der Waals surface area contributed by atoms with Crippen LogP contribution in [0.3, 0.4) is 0 Å². The Morgan fingerprint density at radius 2 is 2.11 bits per heavy atom. The zero-order chi connectivity index (χ0) is 13.5. The average Bonchev–Trinajstić information content (AvgIpc) is 2.83. The number of aromatic nitrogens is 2. The summed E-state index contributed by atoms with van der Waals surface area (Å²) in [6, 6.07) is 9.84. The third-order valence-corrected chi connectivity index (χ3v) is 4.20. The topological polar surface area (TPSA) is 80.9 Å². The van der Waals surface area contributed by atoms with Crippen molar-refractivity contribution < 1.29 is 4.79 Å². The van der Waals surface area contributed by atoms with Gasteiger partial charge in [-0.2, -0.15) is 0 Å². The van der Waals surface area contributed by atoms with E-state index in [4.69, 9.17) is 5.73 Å².